The van der Waals surface area contributed by atoms with Crippen LogP contribution in [0, 0.1) is 0 Å². The Morgan fingerprint density at radius 2 is 0.682 bits per heavy atom. The second kappa shape index (κ2) is 72.7. The summed E-state index contributed by atoms with van der Waals surface area (Å²) in [6.45, 7) is 2.27. The normalized spacial score (nSPS) is 10.7. The topological polar surface area (TPSA) is 584 Å². The summed E-state index contributed by atoms with van der Waals surface area (Å²) in [6, 6.07) is 0. The molecular formula is C22H47K5Na3O30P3S3. The van der Waals surface area contributed by atoms with Crippen LogP contribution >= 0.6 is 23.5 Å². The molecule has 2 atom stereocenters. The summed E-state index contributed by atoms with van der Waals surface area (Å²) < 4.78 is 125. The minimum absolute atomic E-state index is 0. The van der Waals surface area contributed by atoms with Gasteiger partial charge in [-0.3, -0.25) is 25.8 Å². The largest absolute Gasteiger partial charge is 1.00 e. The average Bonchev–Trinajstić information content (AvgIpc) is 2.94. The minimum Gasteiger partial charge on any atom is -0.784 e. The Balaban J connectivity index is -0.0000000376. The van der Waals surface area contributed by atoms with Crippen molar-refractivity contribution in [2.45, 2.75) is 122 Å². The molecule has 0 aromatic heterocycles. The van der Waals surface area contributed by atoms with Crippen molar-refractivity contribution in [3.05, 3.63) is 0 Å². The van der Waals surface area contributed by atoms with Gasteiger partial charge in [0.05, 0.1) is 11.9 Å². The second-order valence-corrected chi connectivity index (χ2v) is 15.9. The number of carboxylic acids is 3. The maximum Gasteiger partial charge on any atom is 1.00 e. The Bertz CT molecular complexity index is 1370. The summed E-state index contributed by atoms with van der Waals surface area (Å²) in [5.74, 6) is -4.77. The molecule has 0 bridgehead atoms. The predicted molar refractivity (Wildman–Crippen MR) is 179 cm³/mol. The molecule has 0 rings (SSSR count). The Labute approximate surface area is 665 Å². The number of carbonyl (C=O) groups excluding carboxylic acids is 2. The van der Waals surface area contributed by atoms with E-state index >= 15 is 0 Å². The van der Waals surface area contributed by atoms with Gasteiger partial charge in [-0.2, -0.15) is 4.31 Å². The van der Waals surface area contributed by atoms with Gasteiger partial charge in [-0.25, -0.2) is 13.7 Å². The molecule has 10 N–H and O–H groups in total. The number of phosphoric acid groups is 3. The number of unbranched alkanes of at least 4 members (excludes halogenated alkanes) is 14. The van der Waals surface area contributed by atoms with Gasteiger partial charge >= 0.3 is 375 Å². The number of aliphatic carboxylic acids is 3. The SMILES string of the molecule is CCCCCCCCCCCCCCCCCC(=O)O.O=C([O-])C(O)C(O)C(=O)[O-].O=P(O)(O)O.O=P(O)(O)OP(=O)(O)O.O=S(=O)([O-])[O-].O=S(=O)([O-])[O-].O=S([O-])[O-].[K+].[K+].[K+].[K+].[K+].[Na+].[Na+].[Na+]. The van der Waals surface area contributed by atoms with Crippen molar-refractivity contribution < 1.29 is 486 Å². The molecule has 0 heterocycles. The summed E-state index contributed by atoms with van der Waals surface area (Å²) in [6.07, 6.45) is 15.3. The predicted octanol–water partition coefficient (Wildman–Crippen LogP) is -27.8. The van der Waals surface area contributed by atoms with Crippen molar-refractivity contribution in [3.63, 3.8) is 0 Å². The Morgan fingerprint density at radius 3 is 0.788 bits per heavy atom. The van der Waals surface area contributed by atoms with E-state index in [2.05, 4.69) is 11.2 Å². The number of hydrogen-bond donors (Lipinski definition) is 10. The molecule has 0 aromatic carbocycles. The monoisotopic (exact) mass is 1240 g/mol. The van der Waals surface area contributed by atoms with Crippen LogP contribution in [0.5, 0.6) is 0 Å². The fourth-order valence-corrected chi connectivity index (χ4v) is 4.15. The molecule has 2 unspecified atom stereocenters. The summed E-state index contributed by atoms with van der Waals surface area (Å²) >= 11 is -3.11. The zero-order chi connectivity index (χ0) is 48.0. The molecule has 0 amide bonds. The Morgan fingerprint density at radius 1 is 0.530 bits per heavy atom. The van der Waals surface area contributed by atoms with E-state index < -0.39 is 85.7 Å². The molecule has 0 aromatic rings. The van der Waals surface area contributed by atoms with Crippen LogP contribution in [0.3, 0.4) is 0 Å². The van der Waals surface area contributed by atoms with Gasteiger partial charge in [0.15, 0.2) is 0 Å². The maximum absolute atomic E-state index is 10.3. The third-order valence-corrected chi connectivity index (χ3v) is 6.69. The average molecular weight is 1250 g/mol. The Hall–Kier alpha value is 9.69. The van der Waals surface area contributed by atoms with Crippen molar-refractivity contribution >= 4 is 73.5 Å². The van der Waals surface area contributed by atoms with E-state index in [1.165, 1.54) is 83.5 Å². The van der Waals surface area contributed by atoms with Crippen molar-refractivity contribution in [3.8, 4) is 0 Å². The van der Waals surface area contributed by atoms with Crippen molar-refractivity contribution in [1.82, 2.24) is 0 Å². The van der Waals surface area contributed by atoms with Gasteiger partial charge in [0.1, 0.15) is 12.2 Å². The maximum atomic E-state index is 10.3. The molecular weight excluding hydrogens is 1200 g/mol. The van der Waals surface area contributed by atoms with Gasteiger partial charge in [-0.1, -0.05) is 96.8 Å². The van der Waals surface area contributed by atoms with Crippen molar-refractivity contribution in [2.24, 2.45) is 0 Å². The number of hydrogen-bond acceptors (Lipinski definition) is 22. The third-order valence-electron chi connectivity index (χ3n) is 4.99. The Kier molecular flexibility index (Phi) is 126. The summed E-state index contributed by atoms with van der Waals surface area (Å²) in [4.78, 5) is 82.2. The first-order valence-corrected chi connectivity index (χ1v) is 23.7. The molecule has 0 aliphatic rings. The first kappa shape index (κ1) is 115. The molecule has 0 saturated heterocycles. The quantitative estimate of drug-likeness (QED) is 0.0127. The van der Waals surface area contributed by atoms with Gasteiger partial charge in [0.2, 0.25) is 0 Å². The van der Waals surface area contributed by atoms with Gasteiger partial charge < -0.3 is 96.7 Å². The molecule has 66 heavy (non-hydrogen) atoms. The zero-order valence-corrected chi connectivity index (χ0v) is 64.9. The number of rotatable bonds is 21. The number of aliphatic hydroxyl groups is 2. The molecule has 0 aliphatic carbocycles. The van der Waals surface area contributed by atoms with E-state index in [0.717, 1.165) is 12.8 Å². The molecule has 30 nitrogen and oxygen atoms in total. The first-order valence-electron chi connectivity index (χ1n) is 15.4. The van der Waals surface area contributed by atoms with Crippen LogP contribution in [0.2, 0.25) is 0 Å². The molecule has 0 radical (unpaired) electrons. The van der Waals surface area contributed by atoms with Gasteiger partial charge in [-0.05, 0) is 6.42 Å². The summed E-state index contributed by atoms with van der Waals surface area (Å²) in [5.41, 5.74) is 0. The smallest absolute Gasteiger partial charge is 0.784 e. The van der Waals surface area contributed by atoms with E-state index in [-0.39, 0.29) is 346 Å². The molecule has 356 valence electrons. The number of carbonyl (C=O) groups is 3. The fraction of sp³-hybridized carbons (Fsp3) is 0.864. The van der Waals surface area contributed by atoms with Crippen LogP contribution in [-0.2, 0) is 64.5 Å². The van der Waals surface area contributed by atoms with E-state index in [4.69, 9.17) is 102 Å². The fourth-order valence-electron chi connectivity index (χ4n) is 3.04. The molecule has 0 saturated carbocycles. The van der Waals surface area contributed by atoms with Crippen LogP contribution in [0.4, 0.5) is 0 Å². The van der Waals surface area contributed by atoms with Crippen LogP contribution in [-0.4, -0.2) is 128 Å². The molecule has 44 heteroatoms. The van der Waals surface area contributed by atoms with Gasteiger partial charge in [-0.15, -0.1) is 11.4 Å². The van der Waals surface area contributed by atoms with Crippen LogP contribution in [0.25, 0.3) is 0 Å². The van der Waals surface area contributed by atoms with E-state index in [1.54, 1.807) is 0 Å². The molecule has 0 fully saturated rings. The summed E-state index contributed by atoms with van der Waals surface area (Å²) in [5, 5.41) is 44.2. The van der Waals surface area contributed by atoms with Gasteiger partial charge in [0, 0.05) is 27.2 Å². The van der Waals surface area contributed by atoms with E-state index in [0.29, 0.717) is 6.42 Å². The zero-order valence-electron chi connectivity index (χ0n) is 38.2. The standard InChI is InChI=1S/C18H36O2.C4H6O6.5K.3Na.H4O7P2.H3O4P.2H2O4S.H2O3S/c1-2-3-4-5-6-7-8-9-10-11-12-13-14-15-16-17-18(19)20;5-1(3(7)8)2(6)4(9)10;;;;;;;;;1-8(2,3)7-9(4,5)6;3*1-5(2,3)4;1-4(2)3/h2-17H2,1H3,(H,19,20);1-2,5-6H,(H,7,8)(H,9,10);;;;;;;;;(H2,1,2,3)(H2,4,5,6);(H3,1,2,3,4);2*(H2,1,2,3,4);(H2,1,2,3)/q;;8*+1;;;;;/p-8. The second-order valence-electron chi connectivity index (χ2n) is 10.2. The minimum atomic E-state index is -5.17. The van der Waals surface area contributed by atoms with Crippen LogP contribution in [0.15, 0.2) is 0 Å². The first-order chi connectivity index (χ1) is 25.7. The summed E-state index contributed by atoms with van der Waals surface area (Å²) in [7, 11) is -25.1. The van der Waals surface area contributed by atoms with Gasteiger partial charge in [0.25, 0.3) is 0 Å². The van der Waals surface area contributed by atoms with E-state index in [9.17, 15) is 33.7 Å². The number of aliphatic hydroxyl groups excluding tert-OH is 2. The molecule has 0 spiro atoms. The van der Waals surface area contributed by atoms with Crippen LogP contribution in [0.1, 0.15) is 110 Å². The molecule has 0 aliphatic heterocycles. The third kappa shape index (κ3) is 195. The van der Waals surface area contributed by atoms with Crippen molar-refractivity contribution in [1.29, 1.82) is 0 Å². The van der Waals surface area contributed by atoms with E-state index in [1.807, 2.05) is 0 Å². The van der Waals surface area contributed by atoms with Crippen molar-refractivity contribution in [2.75, 3.05) is 0 Å². The number of carboxylic acid groups (broad SMARTS) is 3. The van der Waals surface area contributed by atoms with Crippen LogP contribution < -0.4 is 356 Å².